The van der Waals surface area contributed by atoms with Gasteiger partial charge in [0.05, 0.1) is 6.04 Å². The fourth-order valence-electron chi connectivity index (χ4n) is 3.09. The van der Waals surface area contributed by atoms with Crippen LogP contribution in [0.1, 0.15) is 23.6 Å². The molecule has 138 valence electrons. The van der Waals surface area contributed by atoms with Gasteiger partial charge >= 0.3 is 6.03 Å². The Bertz CT molecular complexity index is 910. The number of hydrogen-bond acceptors (Lipinski definition) is 4. The third-order valence-electron chi connectivity index (χ3n) is 4.64. The normalized spacial score (nSPS) is 16.4. The maximum absolute atomic E-state index is 12.5. The summed E-state index contributed by atoms with van der Waals surface area (Å²) in [6.45, 7) is 0. The van der Waals surface area contributed by atoms with Crippen LogP contribution in [-0.4, -0.2) is 49.8 Å². The number of nitrogens with one attached hydrogen (secondary N) is 1. The molecular weight excluding hydrogens is 352 g/mol. The van der Waals surface area contributed by atoms with Gasteiger partial charge in [-0.15, -0.1) is 0 Å². The predicted octanol–water partition coefficient (Wildman–Crippen LogP) is 2.48. The standard InChI is InChI=1S/C18H22N4O3S/c1-21(2)26(24,25)14-9-11-17(19-12-14)20-18(23)22(3)16-10-8-13-6-4-5-7-15(13)16/h4-7,9,11-12,16H,8,10H2,1-3H3,(H,19,20,23). The molecule has 0 radical (unpaired) electrons. The number of amides is 2. The first-order valence-electron chi connectivity index (χ1n) is 8.31. The Morgan fingerprint density at radius 1 is 1.15 bits per heavy atom. The minimum atomic E-state index is -3.54. The molecule has 1 aliphatic rings. The molecule has 7 nitrogen and oxygen atoms in total. The zero-order valence-corrected chi connectivity index (χ0v) is 15.8. The highest BCUT2D eigenvalue weighted by Crippen LogP contribution is 2.34. The van der Waals surface area contributed by atoms with E-state index in [1.807, 2.05) is 12.1 Å². The number of fused-ring (bicyclic) bond motifs is 1. The maximum Gasteiger partial charge on any atom is 0.323 e. The summed E-state index contributed by atoms with van der Waals surface area (Å²) in [7, 11) is 1.14. The average molecular weight is 374 g/mol. The van der Waals surface area contributed by atoms with Crippen LogP contribution in [0, 0.1) is 0 Å². The molecule has 1 N–H and O–H groups in total. The fraction of sp³-hybridized carbons (Fsp3) is 0.333. The molecule has 3 rings (SSSR count). The van der Waals surface area contributed by atoms with Crippen molar-refractivity contribution < 1.29 is 13.2 Å². The molecule has 2 amide bonds. The van der Waals surface area contributed by atoms with Gasteiger partial charge < -0.3 is 4.90 Å². The van der Waals surface area contributed by atoms with E-state index in [0.717, 1.165) is 17.1 Å². The zero-order valence-electron chi connectivity index (χ0n) is 15.0. The lowest BCUT2D eigenvalue weighted by molar-refractivity contribution is 0.204. The molecule has 1 aromatic carbocycles. The molecule has 1 heterocycles. The van der Waals surface area contributed by atoms with Gasteiger partial charge in [-0.05, 0) is 36.1 Å². The number of rotatable bonds is 4. The number of sulfonamides is 1. The van der Waals surface area contributed by atoms with Crippen LogP contribution in [0.3, 0.4) is 0 Å². The third-order valence-corrected chi connectivity index (χ3v) is 6.44. The summed E-state index contributed by atoms with van der Waals surface area (Å²) in [5.41, 5.74) is 2.44. The molecule has 1 unspecified atom stereocenters. The molecule has 1 aromatic heterocycles. The van der Waals surface area contributed by atoms with E-state index in [1.54, 1.807) is 11.9 Å². The molecule has 0 bridgehead atoms. The second-order valence-electron chi connectivity index (χ2n) is 6.46. The Morgan fingerprint density at radius 2 is 1.88 bits per heavy atom. The van der Waals surface area contributed by atoms with Gasteiger partial charge in [-0.2, -0.15) is 0 Å². The molecule has 0 fully saturated rings. The van der Waals surface area contributed by atoms with E-state index in [1.165, 1.54) is 43.6 Å². The molecule has 1 atom stereocenters. The van der Waals surface area contributed by atoms with Gasteiger partial charge in [-0.1, -0.05) is 24.3 Å². The van der Waals surface area contributed by atoms with Gasteiger partial charge in [-0.25, -0.2) is 22.5 Å². The number of aromatic nitrogens is 1. The van der Waals surface area contributed by atoms with E-state index in [4.69, 9.17) is 0 Å². The number of carbonyl (C=O) groups is 1. The van der Waals surface area contributed by atoms with Crippen molar-refractivity contribution in [1.82, 2.24) is 14.2 Å². The molecule has 8 heteroatoms. The van der Waals surface area contributed by atoms with Gasteiger partial charge in [0.15, 0.2) is 0 Å². The van der Waals surface area contributed by atoms with E-state index in [9.17, 15) is 13.2 Å². The smallest absolute Gasteiger partial charge is 0.320 e. The third kappa shape index (κ3) is 3.42. The van der Waals surface area contributed by atoms with Crippen LogP contribution in [0.5, 0.6) is 0 Å². The van der Waals surface area contributed by atoms with Crippen molar-refractivity contribution in [3.8, 4) is 0 Å². The van der Waals surface area contributed by atoms with Crippen molar-refractivity contribution in [3.63, 3.8) is 0 Å². The number of carbonyl (C=O) groups excluding carboxylic acids is 1. The number of urea groups is 1. The molecule has 0 saturated heterocycles. The summed E-state index contributed by atoms with van der Waals surface area (Å²) in [5.74, 6) is 0.311. The SMILES string of the molecule is CN(C(=O)Nc1ccc(S(=O)(=O)N(C)C)cn1)C1CCc2ccccc21. The number of aryl methyl sites for hydroxylation is 1. The second kappa shape index (κ2) is 7.05. The monoisotopic (exact) mass is 374 g/mol. The van der Waals surface area contributed by atoms with Crippen molar-refractivity contribution in [2.45, 2.75) is 23.8 Å². The summed E-state index contributed by atoms with van der Waals surface area (Å²) in [4.78, 5) is 18.4. The van der Waals surface area contributed by atoms with Crippen LogP contribution in [0.25, 0.3) is 0 Å². The first-order valence-corrected chi connectivity index (χ1v) is 9.75. The van der Waals surface area contributed by atoms with Crippen molar-refractivity contribution in [2.24, 2.45) is 0 Å². The Morgan fingerprint density at radius 3 is 2.54 bits per heavy atom. The average Bonchev–Trinajstić information content (AvgIpc) is 3.05. The van der Waals surface area contributed by atoms with E-state index >= 15 is 0 Å². The van der Waals surface area contributed by atoms with Crippen LogP contribution in [-0.2, 0) is 16.4 Å². The molecule has 26 heavy (non-hydrogen) atoms. The van der Waals surface area contributed by atoms with Crippen molar-refractivity contribution in [1.29, 1.82) is 0 Å². The molecule has 2 aromatic rings. The summed E-state index contributed by atoms with van der Waals surface area (Å²) in [6, 6.07) is 10.8. The molecule has 1 aliphatic carbocycles. The first kappa shape index (κ1) is 18.3. The highest BCUT2D eigenvalue weighted by atomic mass is 32.2. The van der Waals surface area contributed by atoms with Crippen molar-refractivity contribution >= 4 is 21.9 Å². The largest absolute Gasteiger partial charge is 0.323 e. The minimum Gasteiger partial charge on any atom is -0.320 e. The van der Waals surface area contributed by atoms with E-state index in [2.05, 4.69) is 22.4 Å². The topological polar surface area (TPSA) is 82.6 Å². The zero-order chi connectivity index (χ0) is 18.9. The number of hydrogen-bond donors (Lipinski definition) is 1. The van der Waals surface area contributed by atoms with Crippen molar-refractivity contribution in [3.05, 3.63) is 53.7 Å². The highest BCUT2D eigenvalue weighted by molar-refractivity contribution is 7.89. The van der Waals surface area contributed by atoms with E-state index < -0.39 is 10.0 Å². The molecule has 0 saturated carbocycles. The van der Waals surface area contributed by atoms with Gasteiger partial charge in [0.2, 0.25) is 10.0 Å². The Labute approximate surface area is 153 Å². The lowest BCUT2D eigenvalue weighted by Gasteiger charge is -2.25. The van der Waals surface area contributed by atoms with Crippen LogP contribution in [0.15, 0.2) is 47.5 Å². The minimum absolute atomic E-state index is 0.0274. The Hall–Kier alpha value is -2.45. The lowest BCUT2D eigenvalue weighted by atomic mass is 10.1. The van der Waals surface area contributed by atoms with Gasteiger partial charge in [0.25, 0.3) is 0 Å². The van der Waals surface area contributed by atoms with Crippen molar-refractivity contribution in [2.75, 3.05) is 26.5 Å². The summed E-state index contributed by atoms with van der Waals surface area (Å²) in [6.07, 6.45) is 3.08. The fourth-order valence-corrected chi connectivity index (χ4v) is 3.94. The van der Waals surface area contributed by atoms with Gasteiger partial charge in [-0.3, -0.25) is 5.32 Å². The summed E-state index contributed by atoms with van der Waals surface area (Å²) in [5, 5.41) is 2.72. The highest BCUT2D eigenvalue weighted by Gasteiger charge is 2.28. The molecular formula is C18H22N4O3S. The number of nitrogens with zero attached hydrogens (tertiary/aromatic N) is 3. The Balaban J connectivity index is 1.71. The van der Waals surface area contributed by atoms with Gasteiger partial charge in [0.1, 0.15) is 10.7 Å². The number of benzene rings is 1. The predicted molar refractivity (Wildman–Crippen MR) is 99.4 cm³/mol. The van der Waals surface area contributed by atoms with E-state index in [0.29, 0.717) is 5.82 Å². The first-order chi connectivity index (χ1) is 12.3. The lowest BCUT2D eigenvalue weighted by Crippen LogP contribution is -2.34. The van der Waals surface area contributed by atoms with Gasteiger partial charge in [0, 0.05) is 27.3 Å². The van der Waals surface area contributed by atoms with Crippen LogP contribution >= 0.6 is 0 Å². The summed E-state index contributed by atoms with van der Waals surface area (Å²) < 4.78 is 25.2. The van der Waals surface area contributed by atoms with Crippen LogP contribution < -0.4 is 5.32 Å². The summed E-state index contributed by atoms with van der Waals surface area (Å²) >= 11 is 0. The van der Waals surface area contributed by atoms with Crippen LogP contribution in [0.4, 0.5) is 10.6 Å². The second-order valence-corrected chi connectivity index (χ2v) is 8.61. The maximum atomic E-state index is 12.5. The number of pyridine rings is 1. The van der Waals surface area contributed by atoms with Crippen LogP contribution in [0.2, 0.25) is 0 Å². The number of anilines is 1. The quantitative estimate of drug-likeness (QED) is 0.891. The van der Waals surface area contributed by atoms with E-state index in [-0.39, 0.29) is 17.0 Å². The molecule has 0 aliphatic heterocycles. The Kier molecular flexibility index (Phi) is 4.97. The molecule has 0 spiro atoms.